The molecular weight excluding hydrogens is 254 g/mol. The molecule has 1 aromatic rings. The summed E-state index contributed by atoms with van der Waals surface area (Å²) < 4.78 is 5.21. The van der Waals surface area contributed by atoms with Crippen molar-refractivity contribution >= 4 is 0 Å². The maximum absolute atomic E-state index is 9.72. The first kappa shape index (κ1) is 15.1. The first-order chi connectivity index (χ1) is 9.65. The predicted octanol–water partition coefficient (Wildman–Crippen LogP) is 1.04. The van der Waals surface area contributed by atoms with Gasteiger partial charge in [-0.25, -0.2) is 0 Å². The molecule has 0 amide bonds. The van der Waals surface area contributed by atoms with Crippen LogP contribution in [-0.2, 0) is 0 Å². The van der Waals surface area contributed by atoms with Crippen LogP contribution in [0.5, 0.6) is 11.5 Å². The fourth-order valence-electron chi connectivity index (χ4n) is 2.75. The van der Waals surface area contributed by atoms with Crippen LogP contribution in [-0.4, -0.2) is 61.8 Å². The highest BCUT2D eigenvalue weighted by Crippen LogP contribution is 2.32. The summed E-state index contributed by atoms with van der Waals surface area (Å²) in [4.78, 5) is 4.81. The van der Waals surface area contributed by atoms with E-state index in [-0.39, 0.29) is 5.75 Å². The van der Waals surface area contributed by atoms with Gasteiger partial charge < -0.3 is 20.5 Å². The van der Waals surface area contributed by atoms with Crippen LogP contribution in [0.4, 0.5) is 0 Å². The molecule has 1 fully saturated rings. The Kier molecular flexibility index (Phi) is 5.23. The number of piperazine rings is 1. The van der Waals surface area contributed by atoms with Crippen LogP contribution in [0.1, 0.15) is 18.0 Å². The van der Waals surface area contributed by atoms with Crippen LogP contribution < -0.4 is 10.5 Å². The third kappa shape index (κ3) is 3.42. The lowest BCUT2D eigenvalue weighted by Crippen LogP contribution is -2.46. The molecule has 0 bridgehead atoms. The standard InChI is InChI=1S/C15H25N3O2/c1-17-7-9-18(10-8-17)13(5-6-16)12-3-4-14(19)15(11-12)20-2/h3-4,11,13,19H,5-10,16H2,1-2H3. The van der Waals surface area contributed by atoms with Crippen molar-refractivity contribution in [2.75, 3.05) is 46.9 Å². The highest BCUT2D eigenvalue weighted by atomic mass is 16.5. The van der Waals surface area contributed by atoms with Gasteiger partial charge in [0, 0.05) is 32.2 Å². The summed E-state index contributed by atoms with van der Waals surface area (Å²) in [6, 6.07) is 5.89. The molecule has 0 aromatic heterocycles. The van der Waals surface area contributed by atoms with E-state index in [4.69, 9.17) is 10.5 Å². The van der Waals surface area contributed by atoms with E-state index in [1.807, 2.05) is 12.1 Å². The van der Waals surface area contributed by atoms with Crippen molar-refractivity contribution in [3.8, 4) is 11.5 Å². The third-order valence-electron chi connectivity index (χ3n) is 4.01. The fraction of sp³-hybridized carbons (Fsp3) is 0.600. The van der Waals surface area contributed by atoms with Crippen molar-refractivity contribution in [2.24, 2.45) is 5.73 Å². The number of likely N-dealkylation sites (N-methyl/N-ethyl adjacent to an activating group) is 1. The van der Waals surface area contributed by atoms with E-state index in [1.165, 1.54) is 0 Å². The molecule has 1 aliphatic heterocycles. The number of aromatic hydroxyl groups is 1. The van der Waals surface area contributed by atoms with Crippen molar-refractivity contribution in [1.29, 1.82) is 0 Å². The van der Waals surface area contributed by atoms with Gasteiger partial charge in [-0.2, -0.15) is 0 Å². The second-order valence-corrected chi connectivity index (χ2v) is 5.36. The number of nitrogens with two attached hydrogens (primary N) is 1. The topological polar surface area (TPSA) is 62.0 Å². The van der Waals surface area contributed by atoms with E-state index < -0.39 is 0 Å². The van der Waals surface area contributed by atoms with Crippen molar-refractivity contribution in [3.63, 3.8) is 0 Å². The molecular formula is C15H25N3O2. The number of hydrogen-bond donors (Lipinski definition) is 2. The number of benzene rings is 1. The van der Waals surface area contributed by atoms with Gasteiger partial charge in [0.2, 0.25) is 0 Å². The molecule has 20 heavy (non-hydrogen) atoms. The van der Waals surface area contributed by atoms with Gasteiger partial charge in [-0.05, 0) is 37.7 Å². The Bertz CT molecular complexity index is 431. The van der Waals surface area contributed by atoms with E-state index >= 15 is 0 Å². The van der Waals surface area contributed by atoms with Gasteiger partial charge in [0.25, 0.3) is 0 Å². The van der Waals surface area contributed by atoms with Crippen LogP contribution in [0, 0.1) is 0 Å². The van der Waals surface area contributed by atoms with Crippen LogP contribution in [0.3, 0.4) is 0 Å². The van der Waals surface area contributed by atoms with Gasteiger partial charge in [-0.1, -0.05) is 6.07 Å². The smallest absolute Gasteiger partial charge is 0.160 e. The quantitative estimate of drug-likeness (QED) is 0.843. The molecule has 1 heterocycles. The summed E-state index contributed by atoms with van der Waals surface area (Å²) in [6.45, 7) is 4.90. The van der Waals surface area contributed by atoms with Gasteiger partial charge in [0.05, 0.1) is 7.11 Å². The van der Waals surface area contributed by atoms with Gasteiger partial charge in [-0.15, -0.1) is 0 Å². The largest absolute Gasteiger partial charge is 0.504 e. The Morgan fingerprint density at radius 1 is 1.30 bits per heavy atom. The molecule has 0 saturated carbocycles. The molecule has 112 valence electrons. The maximum Gasteiger partial charge on any atom is 0.160 e. The molecule has 5 nitrogen and oxygen atoms in total. The van der Waals surface area contributed by atoms with Gasteiger partial charge >= 0.3 is 0 Å². The summed E-state index contributed by atoms with van der Waals surface area (Å²) in [5.41, 5.74) is 6.95. The first-order valence-electron chi connectivity index (χ1n) is 7.15. The normalized spacial score (nSPS) is 18.9. The molecule has 5 heteroatoms. The Morgan fingerprint density at radius 2 is 2.00 bits per heavy atom. The van der Waals surface area contributed by atoms with Gasteiger partial charge in [-0.3, -0.25) is 4.90 Å². The molecule has 1 aliphatic rings. The monoisotopic (exact) mass is 279 g/mol. The van der Waals surface area contributed by atoms with E-state index in [2.05, 4.69) is 16.8 Å². The number of methoxy groups -OCH3 is 1. The van der Waals surface area contributed by atoms with Gasteiger partial charge in [0.15, 0.2) is 11.5 Å². The average Bonchev–Trinajstić information content (AvgIpc) is 2.47. The van der Waals surface area contributed by atoms with E-state index in [9.17, 15) is 5.11 Å². The van der Waals surface area contributed by atoms with Crippen LogP contribution in [0.25, 0.3) is 0 Å². The Hall–Kier alpha value is -1.30. The lowest BCUT2D eigenvalue weighted by Gasteiger charge is -2.38. The van der Waals surface area contributed by atoms with Crippen LogP contribution in [0.2, 0.25) is 0 Å². The Labute approximate surface area is 120 Å². The number of rotatable bonds is 5. The fourth-order valence-corrected chi connectivity index (χ4v) is 2.75. The Balaban J connectivity index is 2.19. The predicted molar refractivity (Wildman–Crippen MR) is 80.1 cm³/mol. The van der Waals surface area contributed by atoms with E-state index in [1.54, 1.807) is 13.2 Å². The van der Waals surface area contributed by atoms with Crippen LogP contribution >= 0.6 is 0 Å². The number of hydrogen-bond acceptors (Lipinski definition) is 5. The third-order valence-corrected chi connectivity index (χ3v) is 4.01. The highest BCUT2D eigenvalue weighted by Gasteiger charge is 2.24. The van der Waals surface area contributed by atoms with E-state index in [0.717, 1.165) is 38.2 Å². The van der Waals surface area contributed by atoms with Crippen LogP contribution in [0.15, 0.2) is 18.2 Å². The van der Waals surface area contributed by atoms with Crippen molar-refractivity contribution in [2.45, 2.75) is 12.5 Å². The van der Waals surface area contributed by atoms with Crippen molar-refractivity contribution in [3.05, 3.63) is 23.8 Å². The maximum atomic E-state index is 9.72. The molecule has 1 atom stereocenters. The zero-order chi connectivity index (χ0) is 14.5. The average molecular weight is 279 g/mol. The zero-order valence-electron chi connectivity index (χ0n) is 12.4. The SMILES string of the molecule is COc1cc(C(CCN)N2CCN(C)CC2)ccc1O. The minimum atomic E-state index is 0.182. The second-order valence-electron chi connectivity index (χ2n) is 5.36. The number of nitrogens with zero attached hydrogens (tertiary/aromatic N) is 2. The molecule has 1 saturated heterocycles. The first-order valence-corrected chi connectivity index (χ1v) is 7.15. The lowest BCUT2D eigenvalue weighted by atomic mass is 10.0. The summed E-state index contributed by atoms with van der Waals surface area (Å²) in [5, 5.41) is 9.72. The molecule has 1 aromatic carbocycles. The molecule has 2 rings (SSSR count). The summed E-state index contributed by atoms with van der Waals surface area (Å²) >= 11 is 0. The zero-order valence-corrected chi connectivity index (χ0v) is 12.4. The van der Waals surface area contributed by atoms with Crippen molar-refractivity contribution < 1.29 is 9.84 Å². The molecule has 1 unspecified atom stereocenters. The molecule has 3 N–H and O–H groups in total. The molecule has 0 spiro atoms. The number of ether oxygens (including phenoxy) is 1. The minimum absolute atomic E-state index is 0.182. The van der Waals surface area contributed by atoms with Crippen molar-refractivity contribution in [1.82, 2.24) is 9.80 Å². The van der Waals surface area contributed by atoms with E-state index in [0.29, 0.717) is 18.3 Å². The molecule has 0 aliphatic carbocycles. The lowest BCUT2D eigenvalue weighted by molar-refractivity contribution is 0.107. The van der Waals surface area contributed by atoms with Gasteiger partial charge in [0.1, 0.15) is 0 Å². The highest BCUT2D eigenvalue weighted by molar-refractivity contribution is 5.42. The summed E-state index contributed by atoms with van der Waals surface area (Å²) in [7, 11) is 3.73. The number of phenols is 1. The minimum Gasteiger partial charge on any atom is -0.504 e. The summed E-state index contributed by atoms with van der Waals surface area (Å²) in [5.74, 6) is 0.708. The molecule has 0 radical (unpaired) electrons. The Morgan fingerprint density at radius 3 is 2.60 bits per heavy atom. The summed E-state index contributed by atoms with van der Waals surface area (Å²) in [6.07, 6.45) is 0.914. The second kappa shape index (κ2) is 6.92. The number of phenolic OH excluding ortho intramolecular Hbond substituents is 1.